The summed E-state index contributed by atoms with van der Waals surface area (Å²) in [4.78, 5) is 0. The number of hydrogen-bond donors (Lipinski definition) is 1. The summed E-state index contributed by atoms with van der Waals surface area (Å²) in [5.41, 5.74) is -0.598. The van der Waals surface area contributed by atoms with E-state index in [0.717, 1.165) is 12.8 Å². The number of nitrogens with two attached hydrogens (primary N) is 1. The Morgan fingerprint density at radius 2 is 1.78 bits per heavy atom. The Bertz CT molecular complexity index is 361. The molecule has 0 spiro atoms. The molecule has 1 rings (SSSR count). The average Bonchev–Trinajstić information content (AvgIpc) is 2.57. The van der Waals surface area contributed by atoms with Gasteiger partial charge in [0.25, 0.3) is 0 Å². The number of alkyl halides is 3. The smallest absolute Gasteiger partial charge is 0.380 e. The predicted octanol–water partition coefficient (Wildman–Crippen LogP) is 1.80. The van der Waals surface area contributed by atoms with Gasteiger partial charge in [-0.1, -0.05) is 12.8 Å². The summed E-state index contributed by atoms with van der Waals surface area (Å²) in [6.45, 7) is -0.407. The van der Waals surface area contributed by atoms with E-state index in [1.807, 2.05) is 0 Å². The van der Waals surface area contributed by atoms with Gasteiger partial charge in [0.15, 0.2) is 0 Å². The quantitative estimate of drug-likeness (QED) is 0.758. The van der Waals surface area contributed by atoms with E-state index < -0.39 is 34.6 Å². The molecule has 0 aromatic carbocycles. The highest BCUT2D eigenvalue weighted by molar-refractivity contribution is 7.89. The molecule has 0 aliphatic heterocycles. The highest BCUT2D eigenvalue weighted by Gasteiger charge is 2.38. The molecule has 4 nitrogen and oxygen atoms in total. The first-order chi connectivity index (χ1) is 8.12. The summed E-state index contributed by atoms with van der Waals surface area (Å²) in [5.74, 6) is -0.216. The van der Waals surface area contributed by atoms with E-state index in [1.54, 1.807) is 0 Å². The molecule has 0 atom stereocenters. The monoisotopic (exact) mass is 289 g/mol. The Labute approximate surface area is 105 Å². The minimum atomic E-state index is -4.25. The van der Waals surface area contributed by atoms with Crippen LogP contribution < -0.4 is 5.14 Å². The van der Waals surface area contributed by atoms with Crippen LogP contribution in [-0.2, 0) is 14.8 Å². The fourth-order valence-corrected chi connectivity index (χ4v) is 3.58. The Hall–Kier alpha value is -0.340. The largest absolute Gasteiger partial charge is 0.391 e. The van der Waals surface area contributed by atoms with Crippen LogP contribution in [0.15, 0.2) is 0 Å². The van der Waals surface area contributed by atoms with Crippen LogP contribution in [0.2, 0.25) is 0 Å². The van der Waals surface area contributed by atoms with Crippen LogP contribution >= 0.6 is 0 Å². The molecule has 0 aromatic rings. The van der Waals surface area contributed by atoms with Gasteiger partial charge in [0, 0.05) is 5.41 Å². The first-order valence-corrected chi connectivity index (χ1v) is 7.49. The third-order valence-electron chi connectivity index (χ3n) is 3.11. The summed E-state index contributed by atoms with van der Waals surface area (Å²) in [6.07, 6.45) is -2.28. The fourth-order valence-electron chi connectivity index (χ4n) is 2.36. The van der Waals surface area contributed by atoms with Gasteiger partial charge in [-0.05, 0) is 12.8 Å². The second-order valence-electron chi connectivity index (χ2n) is 4.93. The predicted molar refractivity (Wildman–Crippen MR) is 60.4 cm³/mol. The maximum absolute atomic E-state index is 11.9. The van der Waals surface area contributed by atoms with Gasteiger partial charge >= 0.3 is 6.18 Å². The maximum atomic E-state index is 11.9. The summed E-state index contributed by atoms with van der Waals surface area (Å²) in [6, 6.07) is 0. The van der Waals surface area contributed by atoms with Gasteiger partial charge < -0.3 is 4.74 Å². The first-order valence-electron chi connectivity index (χ1n) is 5.77. The molecule has 1 aliphatic carbocycles. The molecule has 1 fully saturated rings. The van der Waals surface area contributed by atoms with E-state index >= 15 is 0 Å². The highest BCUT2D eigenvalue weighted by Crippen LogP contribution is 2.39. The molecular formula is C10H18F3NO3S. The van der Waals surface area contributed by atoms with Crippen molar-refractivity contribution in [2.24, 2.45) is 10.6 Å². The van der Waals surface area contributed by atoms with Crippen LogP contribution in [0.1, 0.15) is 32.1 Å². The lowest BCUT2D eigenvalue weighted by atomic mass is 9.90. The molecule has 0 bridgehead atoms. The number of halogens is 3. The second-order valence-corrected chi connectivity index (χ2v) is 6.55. The van der Waals surface area contributed by atoms with Crippen molar-refractivity contribution in [3.05, 3.63) is 0 Å². The average molecular weight is 289 g/mol. The molecule has 1 saturated carbocycles. The van der Waals surface area contributed by atoms with E-state index in [2.05, 4.69) is 0 Å². The van der Waals surface area contributed by atoms with Crippen molar-refractivity contribution in [2.45, 2.75) is 38.3 Å². The van der Waals surface area contributed by atoms with Crippen molar-refractivity contribution in [2.75, 3.05) is 19.0 Å². The number of rotatable bonds is 6. The molecule has 0 amide bonds. The lowest BCUT2D eigenvalue weighted by molar-refractivity contribution is -0.147. The van der Waals surface area contributed by atoms with Crippen molar-refractivity contribution in [3.63, 3.8) is 0 Å². The zero-order valence-corrected chi connectivity index (χ0v) is 10.8. The summed E-state index contributed by atoms with van der Waals surface area (Å²) < 4.78 is 63.0. The van der Waals surface area contributed by atoms with Crippen LogP contribution in [0.5, 0.6) is 0 Å². The van der Waals surface area contributed by atoms with Crippen LogP contribution in [0.4, 0.5) is 13.2 Å². The summed E-state index contributed by atoms with van der Waals surface area (Å²) in [7, 11) is -3.63. The van der Waals surface area contributed by atoms with Crippen molar-refractivity contribution >= 4 is 10.0 Å². The second kappa shape index (κ2) is 5.75. The lowest BCUT2D eigenvalue weighted by Gasteiger charge is -2.27. The number of ether oxygens (including phenoxy) is 1. The molecule has 18 heavy (non-hydrogen) atoms. The Morgan fingerprint density at radius 1 is 1.22 bits per heavy atom. The Morgan fingerprint density at radius 3 is 2.22 bits per heavy atom. The Kier molecular flexibility index (Phi) is 5.02. The normalized spacial score (nSPS) is 20.2. The van der Waals surface area contributed by atoms with E-state index in [0.29, 0.717) is 12.8 Å². The zero-order chi connectivity index (χ0) is 13.9. The van der Waals surface area contributed by atoms with Crippen LogP contribution in [-0.4, -0.2) is 33.6 Å². The van der Waals surface area contributed by atoms with Gasteiger partial charge in [-0.25, -0.2) is 13.6 Å². The van der Waals surface area contributed by atoms with E-state index in [1.165, 1.54) is 0 Å². The summed E-state index contributed by atoms with van der Waals surface area (Å²) >= 11 is 0. The van der Waals surface area contributed by atoms with Gasteiger partial charge in [-0.3, -0.25) is 0 Å². The molecule has 1 aliphatic rings. The SMILES string of the molecule is NS(=O)(=O)CC1(COCCC(F)(F)F)CCCC1. The first kappa shape index (κ1) is 15.7. The Balaban J connectivity index is 2.44. The zero-order valence-electron chi connectivity index (χ0n) is 10.0. The number of sulfonamides is 1. The molecule has 8 heteroatoms. The molecule has 108 valence electrons. The molecule has 2 N–H and O–H groups in total. The molecule has 0 radical (unpaired) electrons. The third-order valence-corrected chi connectivity index (χ3v) is 4.12. The van der Waals surface area contributed by atoms with Crippen molar-refractivity contribution in [1.29, 1.82) is 0 Å². The third kappa shape index (κ3) is 6.01. The van der Waals surface area contributed by atoms with Crippen molar-refractivity contribution < 1.29 is 26.3 Å². The topological polar surface area (TPSA) is 69.4 Å². The van der Waals surface area contributed by atoms with E-state index in [-0.39, 0.29) is 12.4 Å². The summed E-state index contributed by atoms with van der Waals surface area (Å²) in [5, 5.41) is 5.01. The van der Waals surface area contributed by atoms with Gasteiger partial charge in [0.1, 0.15) is 0 Å². The molecular weight excluding hydrogens is 271 g/mol. The van der Waals surface area contributed by atoms with E-state index in [9.17, 15) is 21.6 Å². The molecule has 0 aromatic heterocycles. The lowest BCUT2D eigenvalue weighted by Crippen LogP contribution is -2.35. The molecule has 0 unspecified atom stereocenters. The number of primary sulfonamides is 1. The van der Waals surface area contributed by atoms with Gasteiger partial charge in [-0.2, -0.15) is 13.2 Å². The van der Waals surface area contributed by atoms with Crippen LogP contribution in [0.25, 0.3) is 0 Å². The minimum absolute atomic E-state index is 0.0273. The number of hydrogen-bond acceptors (Lipinski definition) is 3. The highest BCUT2D eigenvalue weighted by atomic mass is 32.2. The minimum Gasteiger partial charge on any atom is -0.380 e. The van der Waals surface area contributed by atoms with E-state index in [4.69, 9.17) is 9.88 Å². The van der Waals surface area contributed by atoms with Gasteiger partial charge in [-0.15, -0.1) is 0 Å². The van der Waals surface area contributed by atoms with Gasteiger partial charge in [0.05, 0.1) is 25.4 Å². The molecule has 0 saturated heterocycles. The van der Waals surface area contributed by atoms with Crippen molar-refractivity contribution in [3.8, 4) is 0 Å². The standard InChI is InChI=1S/C10H18F3NO3S/c11-10(12,13)5-6-17-7-9(3-1-2-4-9)8-18(14,15)16/h1-8H2,(H2,14,15,16). The van der Waals surface area contributed by atoms with Crippen molar-refractivity contribution in [1.82, 2.24) is 0 Å². The maximum Gasteiger partial charge on any atom is 0.391 e. The fraction of sp³-hybridized carbons (Fsp3) is 1.00. The van der Waals surface area contributed by atoms with Gasteiger partial charge in [0.2, 0.25) is 10.0 Å². The molecule has 0 heterocycles. The van der Waals surface area contributed by atoms with Crippen LogP contribution in [0.3, 0.4) is 0 Å². The van der Waals surface area contributed by atoms with Crippen LogP contribution in [0, 0.1) is 5.41 Å².